The Kier molecular flexibility index (Phi) is 5.25. The Morgan fingerprint density at radius 3 is 2.63 bits per heavy atom. The van der Waals surface area contributed by atoms with E-state index in [4.69, 9.17) is 0 Å². The van der Waals surface area contributed by atoms with Crippen LogP contribution < -0.4 is 10.6 Å². The number of aryl methyl sites for hydroxylation is 1. The molecule has 1 saturated carbocycles. The first kappa shape index (κ1) is 13.9. The van der Waals surface area contributed by atoms with Crippen molar-refractivity contribution in [1.29, 1.82) is 0 Å². The molecule has 0 bridgehead atoms. The average molecular weight is 259 g/mol. The summed E-state index contributed by atoms with van der Waals surface area (Å²) in [5.41, 5.74) is 2.65. The molecule has 0 aromatic heterocycles. The third kappa shape index (κ3) is 4.27. The Bertz CT molecular complexity index is 420. The summed E-state index contributed by atoms with van der Waals surface area (Å²) in [6, 6.07) is 9.07. The monoisotopic (exact) mass is 259 g/mol. The van der Waals surface area contributed by atoms with Crippen LogP contribution in [-0.2, 0) is 6.54 Å². The van der Waals surface area contributed by atoms with Crippen molar-refractivity contribution in [3.63, 3.8) is 0 Å². The smallest absolute Gasteiger partial charge is 0.191 e. The standard InChI is InChI=1S/C16H25N3/c1-13-8-6-7-9-14(13)12-18-16(17-2)19-15-10-4-3-5-11-15/h6-9,15H,3-5,10-12H2,1-2H3,(H2,17,18,19). The molecule has 2 rings (SSSR count). The Morgan fingerprint density at radius 2 is 1.95 bits per heavy atom. The number of guanidine groups is 1. The van der Waals surface area contributed by atoms with Crippen LogP contribution in [0.15, 0.2) is 29.3 Å². The topological polar surface area (TPSA) is 36.4 Å². The highest BCUT2D eigenvalue weighted by Gasteiger charge is 2.14. The Morgan fingerprint density at radius 1 is 1.21 bits per heavy atom. The molecule has 1 aliphatic rings. The second-order valence-corrected chi connectivity index (χ2v) is 5.33. The van der Waals surface area contributed by atoms with Crippen molar-refractivity contribution in [2.75, 3.05) is 7.05 Å². The Hall–Kier alpha value is -1.51. The molecule has 0 unspecified atom stereocenters. The summed E-state index contributed by atoms with van der Waals surface area (Å²) in [7, 11) is 1.84. The molecule has 1 aliphatic carbocycles. The number of benzene rings is 1. The molecule has 0 saturated heterocycles. The van der Waals surface area contributed by atoms with Gasteiger partial charge in [-0.2, -0.15) is 0 Å². The van der Waals surface area contributed by atoms with E-state index in [0.29, 0.717) is 6.04 Å². The summed E-state index contributed by atoms with van der Waals surface area (Å²) in [6.45, 7) is 2.98. The molecule has 19 heavy (non-hydrogen) atoms. The lowest BCUT2D eigenvalue weighted by Gasteiger charge is -2.25. The molecule has 1 fully saturated rings. The van der Waals surface area contributed by atoms with Crippen molar-refractivity contribution < 1.29 is 0 Å². The quantitative estimate of drug-likeness (QED) is 0.646. The van der Waals surface area contributed by atoms with Gasteiger partial charge in [-0.05, 0) is 30.9 Å². The van der Waals surface area contributed by atoms with Crippen molar-refractivity contribution in [3.8, 4) is 0 Å². The van der Waals surface area contributed by atoms with Gasteiger partial charge in [-0.15, -0.1) is 0 Å². The molecule has 1 aromatic carbocycles. The van der Waals surface area contributed by atoms with E-state index < -0.39 is 0 Å². The zero-order valence-corrected chi connectivity index (χ0v) is 12.1. The lowest BCUT2D eigenvalue weighted by atomic mass is 9.96. The molecule has 0 amide bonds. The predicted octanol–water partition coefficient (Wildman–Crippen LogP) is 2.99. The summed E-state index contributed by atoms with van der Waals surface area (Å²) in [4.78, 5) is 4.32. The second-order valence-electron chi connectivity index (χ2n) is 5.33. The first-order valence-electron chi connectivity index (χ1n) is 7.31. The van der Waals surface area contributed by atoms with E-state index in [2.05, 4.69) is 46.8 Å². The van der Waals surface area contributed by atoms with Gasteiger partial charge in [0.05, 0.1) is 0 Å². The molecule has 2 N–H and O–H groups in total. The van der Waals surface area contributed by atoms with Crippen LogP contribution in [0.2, 0.25) is 0 Å². The minimum absolute atomic E-state index is 0.594. The zero-order valence-electron chi connectivity index (χ0n) is 12.1. The number of hydrogen-bond acceptors (Lipinski definition) is 1. The van der Waals surface area contributed by atoms with Gasteiger partial charge in [0.25, 0.3) is 0 Å². The highest BCUT2D eigenvalue weighted by Crippen LogP contribution is 2.17. The molecule has 3 heteroatoms. The fourth-order valence-electron chi connectivity index (χ4n) is 2.62. The summed E-state index contributed by atoms with van der Waals surface area (Å²) >= 11 is 0. The van der Waals surface area contributed by atoms with E-state index in [1.54, 1.807) is 0 Å². The first-order chi connectivity index (χ1) is 9.29. The zero-order chi connectivity index (χ0) is 13.5. The van der Waals surface area contributed by atoms with Gasteiger partial charge in [0, 0.05) is 19.6 Å². The van der Waals surface area contributed by atoms with Crippen molar-refractivity contribution in [1.82, 2.24) is 10.6 Å². The van der Waals surface area contributed by atoms with Gasteiger partial charge < -0.3 is 10.6 Å². The van der Waals surface area contributed by atoms with Gasteiger partial charge in [0.15, 0.2) is 5.96 Å². The van der Waals surface area contributed by atoms with E-state index >= 15 is 0 Å². The summed E-state index contributed by atoms with van der Waals surface area (Å²) in [5.74, 6) is 0.926. The lowest BCUT2D eigenvalue weighted by molar-refractivity contribution is 0.410. The maximum absolute atomic E-state index is 4.32. The van der Waals surface area contributed by atoms with Crippen LogP contribution in [0.4, 0.5) is 0 Å². The molecule has 0 heterocycles. The normalized spacial score (nSPS) is 17.3. The fraction of sp³-hybridized carbons (Fsp3) is 0.562. The Balaban J connectivity index is 1.84. The SMILES string of the molecule is CN=C(NCc1ccccc1C)NC1CCCCC1. The van der Waals surface area contributed by atoms with Crippen molar-refractivity contribution >= 4 is 5.96 Å². The molecule has 0 spiro atoms. The van der Waals surface area contributed by atoms with Crippen LogP contribution in [0.25, 0.3) is 0 Å². The van der Waals surface area contributed by atoms with Crippen LogP contribution in [0.5, 0.6) is 0 Å². The molecule has 3 nitrogen and oxygen atoms in total. The number of hydrogen-bond donors (Lipinski definition) is 2. The van der Waals surface area contributed by atoms with E-state index in [1.807, 2.05) is 7.05 Å². The third-order valence-corrected chi connectivity index (χ3v) is 3.88. The number of nitrogens with one attached hydrogen (secondary N) is 2. The highest BCUT2D eigenvalue weighted by atomic mass is 15.2. The van der Waals surface area contributed by atoms with E-state index in [1.165, 1.54) is 43.2 Å². The molecular weight excluding hydrogens is 234 g/mol. The minimum atomic E-state index is 0.594. The number of nitrogens with zero attached hydrogens (tertiary/aromatic N) is 1. The van der Waals surface area contributed by atoms with Crippen molar-refractivity contribution in [2.45, 2.75) is 51.6 Å². The number of rotatable bonds is 3. The highest BCUT2D eigenvalue weighted by molar-refractivity contribution is 5.79. The molecule has 0 atom stereocenters. The van der Waals surface area contributed by atoms with Gasteiger partial charge >= 0.3 is 0 Å². The second kappa shape index (κ2) is 7.17. The predicted molar refractivity (Wildman–Crippen MR) is 81.4 cm³/mol. The minimum Gasteiger partial charge on any atom is -0.354 e. The van der Waals surface area contributed by atoms with Crippen LogP contribution in [-0.4, -0.2) is 19.0 Å². The summed E-state index contributed by atoms with van der Waals surface area (Å²) < 4.78 is 0. The van der Waals surface area contributed by atoms with E-state index in [-0.39, 0.29) is 0 Å². The lowest BCUT2D eigenvalue weighted by Crippen LogP contribution is -2.43. The summed E-state index contributed by atoms with van der Waals surface area (Å²) in [6.07, 6.45) is 6.60. The van der Waals surface area contributed by atoms with Crippen molar-refractivity contribution in [3.05, 3.63) is 35.4 Å². The van der Waals surface area contributed by atoms with Crippen molar-refractivity contribution in [2.24, 2.45) is 4.99 Å². The maximum atomic E-state index is 4.32. The maximum Gasteiger partial charge on any atom is 0.191 e. The van der Waals surface area contributed by atoms with Gasteiger partial charge in [0.1, 0.15) is 0 Å². The Labute approximate surface area is 116 Å². The average Bonchev–Trinajstić information content (AvgIpc) is 2.46. The first-order valence-corrected chi connectivity index (χ1v) is 7.31. The largest absolute Gasteiger partial charge is 0.354 e. The van der Waals surface area contributed by atoms with Gasteiger partial charge in [-0.3, -0.25) is 4.99 Å². The third-order valence-electron chi connectivity index (χ3n) is 3.88. The molecular formula is C16H25N3. The number of aliphatic imine (C=N–C) groups is 1. The van der Waals surface area contributed by atoms with Crippen LogP contribution in [0.3, 0.4) is 0 Å². The van der Waals surface area contributed by atoms with E-state index in [0.717, 1.165) is 12.5 Å². The van der Waals surface area contributed by atoms with E-state index in [9.17, 15) is 0 Å². The molecule has 104 valence electrons. The molecule has 0 aliphatic heterocycles. The van der Waals surface area contributed by atoms with Crippen LogP contribution in [0, 0.1) is 6.92 Å². The van der Waals surface area contributed by atoms with Crippen LogP contribution >= 0.6 is 0 Å². The van der Waals surface area contributed by atoms with Gasteiger partial charge in [0.2, 0.25) is 0 Å². The summed E-state index contributed by atoms with van der Waals surface area (Å²) in [5, 5.41) is 6.95. The fourth-order valence-corrected chi connectivity index (χ4v) is 2.62. The van der Waals surface area contributed by atoms with Crippen LogP contribution in [0.1, 0.15) is 43.2 Å². The van der Waals surface area contributed by atoms with Gasteiger partial charge in [-0.25, -0.2) is 0 Å². The molecule has 0 radical (unpaired) electrons. The molecule has 1 aromatic rings. The van der Waals surface area contributed by atoms with Gasteiger partial charge in [-0.1, -0.05) is 43.5 Å².